The zero-order valence-electron chi connectivity index (χ0n) is 10.5. The molecule has 1 saturated heterocycles. The topological polar surface area (TPSA) is 18.5 Å². The van der Waals surface area contributed by atoms with Crippen LogP contribution in [0.15, 0.2) is 42.7 Å². The van der Waals surface area contributed by atoms with Gasteiger partial charge in [-0.25, -0.2) is 0 Å². The number of rotatable bonds is 3. The van der Waals surface area contributed by atoms with Crippen molar-refractivity contribution in [1.82, 2.24) is 0 Å². The van der Waals surface area contributed by atoms with E-state index >= 15 is 0 Å². The van der Waals surface area contributed by atoms with Crippen LogP contribution >= 0.6 is 0 Å². The summed E-state index contributed by atoms with van der Waals surface area (Å²) in [6.07, 6.45) is 7.57. The van der Waals surface area contributed by atoms with Crippen LogP contribution in [0, 0.1) is 5.92 Å². The molecule has 0 aromatic heterocycles. The van der Waals surface area contributed by atoms with E-state index in [9.17, 15) is 0 Å². The average molecular weight is 242 g/mol. The van der Waals surface area contributed by atoms with Gasteiger partial charge in [-0.2, -0.15) is 0 Å². The number of allylic oxidation sites excluding steroid dienone is 1. The smallest absolute Gasteiger partial charge is 0.189 e. The van der Waals surface area contributed by atoms with Crippen LogP contribution in [0.25, 0.3) is 6.08 Å². The molecular weight excluding hydrogens is 224 g/mol. The van der Waals surface area contributed by atoms with Gasteiger partial charge in [0.15, 0.2) is 6.79 Å². The first kappa shape index (κ1) is 11.5. The van der Waals surface area contributed by atoms with E-state index < -0.39 is 0 Å². The highest BCUT2D eigenvalue weighted by Gasteiger charge is 2.30. The highest BCUT2D eigenvalue weighted by Crippen LogP contribution is 2.33. The van der Waals surface area contributed by atoms with Crippen molar-refractivity contribution in [3.8, 4) is 0 Å². The van der Waals surface area contributed by atoms with Gasteiger partial charge in [-0.3, -0.25) is 0 Å². The van der Waals surface area contributed by atoms with E-state index in [2.05, 4.69) is 36.9 Å². The predicted molar refractivity (Wildman–Crippen MR) is 71.9 cm³/mol. The molecule has 0 amide bonds. The van der Waals surface area contributed by atoms with Crippen LogP contribution in [0.2, 0.25) is 0 Å². The number of hydrogen-bond acceptors (Lipinski definition) is 2. The number of hydrogen-bond donors (Lipinski definition) is 0. The van der Waals surface area contributed by atoms with Crippen molar-refractivity contribution in [2.24, 2.45) is 5.92 Å². The summed E-state index contributed by atoms with van der Waals surface area (Å²) in [6.45, 7) is 4.30. The molecule has 1 aliphatic carbocycles. The fourth-order valence-electron chi connectivity index (χ4n) is 2.81. The van der Waals surface area contributed by atoms with Gasteiger partial charge >= 0.3 is 0 Å². The zero-order valence-corrected chi connectivity index (χ0v) is 10.5. The Morgan fingerprint density at radius 2 is 2.22 bits per heavy atom. The number of fused-ring (bicyclic) bond motifs is 1. The third-order valence-electron chi connectivity index (χ3n) is 3.80. The lowest BCUT2D eigenvalue weighted by Gasteiger charge is -2.23. The molecule has 1 aliphatic heterocycles. The first-order valence-corrected chi connectivity index (χ1v) is 6.51. The van der Waals surface area contributed by atoms with Crippen LogP contribution in [0.5, 0.6) is 0 Å². The van der Waals surface area contributed by atoms with E-state index in [1.807, 2.05) is 6.08 Å². The first-order chi connectivity index (χ1) is 8.86. The van der Waals surface area contributed by atoms with Gasteiger partial charge in [-0.05, 0) is 42.4 Å². The molecule has 0 radical (unpaired) electrons. The molecule has 18 heavy (non-hydrogen) atoms. The fraction of sp³-hybridized carbons (Fsp3) is 0.375. The van der Waals surface area contributed by atoms with E-state index in [4.69, 9.17) is 9.47 Å². The van der Waals surface area contributed by atoms with Crippen LogP contribution in [-0.4, -0.2) is 12.9 Å². The fourth-order valence-corrected chi connectivity index (χ4v) is 2.81. The van der Waals surface area contributed by atoms with Crippen LogP contribution in [0.4, 0.5) is 0 Å². The first-order valence-electron chi connectivity index (χ1n) is 6.51. The lowest BCUT2D eigenvalue weighted by molar-refractivity contribution is 0.0424. The minimum absolute atomic E-state index is 0.194. The van der Waals surface area contributed by atoms with Gasteiger partial charge in [-0.1, -0.05) is 36.9 Å². The van der Waals surface area contributed by atoms with Gasteiger partial charge in [-0.15, -0.1) is 0 Å². The largest absolute Gasteiger partial charge is 0.469 e. The maximum absolute atomic E-state index is 5.57. The highest BCUT2D eigenvalue weighted by atomic mass is 16.7. The molecule has 1 aromatic rings. The Labute approximate surface area is 108 Å². The van der Waals surface area contributed by atoms with Crippen molar-refractivity contribution in [2.45, 2.75) is 25.4 Å². The molecule has 3 rings (SSSR count). The molecule has 1 heterocycles. The maximum Gasteiger partial charge on any atom is 0.189 e. The Bertz CT molecular complexity index is 476. The molecular formula is C16H18O2. The van der Waals surface area contributed by atoms with Crippen LogP contribution < -0.4 is 0 Å². The predicted octanol–water partition coefficient (Wildman–Crippen LogP) is 3.54. The molecule has 1 aromatic carbocycles. The Kier molecular flexibility index (Phi) is 3.20. The molecule has 0 saturated carbocycles. The van der Waals surface area contributed by atoms with Crippen molar-refractivity contribution in [1.29, 1.82) is 0 Å². The Hall–Kier alpha value is -1.54. The number of ether oxygens (including phenoxy) is 2. The molecule has 94 valence electrons. The van der Waals surface area contributed by atoms with Crippen LogP contribution in [0.1, 0.15) is 24.0 Å². The van der Waals surface area contributed by atoms with Gasteiger partial charge in [0.25, 0.3) is 0 Å². The summed E-state index contributed by atoms with van der Waals surface area (Å²) >= 11 is 0. The van der Waals surface area contributed by atoms with Gasteiger partial charge in [0, 0.05) is 0 Å². The minimum atomic E-state index is 0.194. The van der Waals surface area contributed by atoms with Gasteiger partial charge in [0.1, 0.15) is 11.9 Å². The average Bonchev–Trinajstić information content (AvgIpc) is 2.87. The van der Waals surface area contributed by atoms with E-state index in [1.54, 1.807) is 0 Å². The zero-order chi connectivity index (χ0) is 12.4. The summed E-state index contributed by atoms with van der Waals surface area (Å²) < 4.78 is 11.0. The molecule has 1 fully saturated rings. The molecule has 2 nitrogen and oxygen atoms in total. The van der Waals surface area contributed by atoms with E-state index in [1.165, 1.54) is 11.1 Å². The number of benzene rings is 1. The van der Waals surface area contributed by atoms with Gasteiger partial charge in [0.05, 0.1) is 0 Å². The highest BCUT2D eigenvalue weighted by molar-refractivity contribution is 5.51. The van der Waals surface area contributed by atoms with Crippen molar-refractivity contribution in [3.05, 3.63) is 53.8 Å². The quantitative estimate of drug-likeness (QED) is 0.807. The molecule has 2 heteroatoms. The van der Waals surface area contributed by atoms with Gasteiger partial charge in [0.2, 0.25) is 0 Å². The Morgan fingerprint density at radius 1 is 1.33 bits per heavy atom. The summed E-state index contributed by atoms with van der Waals surface area (Å²) in [5, 5.41) is 0. The summed E-state index contributed by atoms with van der Waals surface area (Å²) in [5.74, 6) is 1.69. The SMILES string of the molecule is C=Cc1ccccc1CC1CC=C2OCOC2C1. The van der Waals surface area contributed by atoms with Crippen molar-refractivity contribution in [3.63, 3.8) is 0 Å². The lowest BCUT2D eigenvalue weighted by atomic mass is 9.85. The second-order valence-electron chi connectivity index (χ2n) is 4.97. The molecule has 0 N–H and O–H groups in total. The van der Waals surface area contributed by atoms with Crippen molar-refractivity contribution < 1.29 is 9.47 Å². The maximum atomic E-state index is 5.57. The standard InChI is InChI=1S/C16H18O2/c1-2-13-5-3-4-6-14(13)9-12-7-8-15-16(10-12)18-11-17-15/h2-6,8,12,16H,1,7,9-11H2. The summed E-state index contributed by atoms with van der Waals surface area (Å²) in [7, 11) is 0. The Balaban J connectivity index is 1.72. The van der Waals surface area contributed by atoms with E-state index in [0.29, 0.717) is 12.7 Å². The summed E-state index contributed by atoms with van der Waals surface area (Å²) in [6, 6.07) is 8.48. The summed E-state index contributed by atoms with van der Waals surface area (Å²) in [5.41, 5.74) is 2.63. The minimum Gasteiger partial charge on any atom is -0.469 e. The second kappa shape index (κ2) is 4.99. The van der Waals surface area contributed by atoms with Crippen molar-refractivity contribution in [2.75, 3.05) is 6.79 Å². The monoisotopic (exact) mass is 242 g/mol. The normalized spacial score (nSPS) is 26.1. The summed E-state index contributed by atoms with van der Waals surface area (Å²) in [4.78, 5) is 0. The third-order valence-corrected chi connectivity index (χ3v) is 3.80. The molecule has 0 spiro atoms. The van der Waals surface area contributed by atoms with E-state index in [-0.39, 0.29) is 6.10 Å². The Morgan fingerprint density at radius 3 is 3.11 bits per heavy atom. The van der Waals surface area contributed by atoms with E-state index in [0.717, 1.165) is 25.0 Å². The van der Waals surface area contributed by atoms with Crippen molar-refractivity contribution >= 4 is 6.08 Å². The molecule has 2 aliphatic rings. The second-order valence-corrected chi connectivity index (χ2v) is 4.97. The molecule has 2 atom stereocenters. The molecule has 2 unspecified atom stereocenters. The van der Waals surface area contributed by atoms with Crippen LogP contribution in [0.3, 0.4) is 0 Å². The lowest BCUT2D eigenvalue weighted by Crippen LogP contribution is -2.20. The third kappa shape index (κ3) is 2.21. The molecule has 0 bridgehead atoms. The van der Waals surface area contributed by atoms with Gasteiger partial charge < -0.3 is 9.47 Å². The van der Waals surface area contributed by atoms with Crippen LogP contribution in [-0.2, 0) is 15.9 Å².